The fraction of sp³-hybridized carbons (Fsp3) is 0.400. The molecule has 0 bridgehead atoms. The van der Waals surface area contributed by atoms with Crippen LogP contribution >= 0.6 is 0 Å². The summed E-state index contributed by atoms with van der Waals surface area (Å²) in [5.74, 6) is 1.49. The Bertz CT molecular complexity index is 850. The van der Waals surface area contributed by atoms with Gasteiger partial charge in [0.2, 0.25) is 10.0 Å². The average molecular weight is 375 g/mol. The molecule has 0 radical (unpaired) electrons. The summed E-state index contributed by atoms with van der Waals surface area (Å²) in [5.41, 5.74) is 3.28. The number of aryl methyl sites for hydroxylation is 1. The molecule has 0 saturated heterocycles. The van der Waals surface area contributed by atoms with E-state index in [1.54, 1.807) is 18.5 Å². The summed E-state index contributed by atoms with van der Waals surface area (Å²) >= 11 is 0. The van der Waals surface area contributed by atoms with Crippen molar-refractivity contribution in [1.82, 2.24) is 4.31 Å². The summed E-state index contributed by atoms with van der Waals surface area (Å²) < 4.78 is 37.7. The molecule has 6 heteroatoms. The molecule has 0 fully saturated rings. The monoisotopic (exact) mass is 375 g/mol. The van der Waals surface area contributed by atoms with E-state index in [4.69, 9.17) is 9.47 Å². The molecule has 0 N–H and O–H groups in total. The lowest BCUT2D eigenvalue weighted by Gasteiger charge is -2.29. The molecule has 0 spiro atoms. The Kier molecular flexibility index (Phi) is 5.84. The standard InChI is InChI=1S/C20H25NO4S/c1-24-19-13-17-10-11-21(15-18(17)14-20(19)25-2)26(22,23)12-6-9-16-7-4-3-5-8-16/h3-5,7-8,13-14H,6,9-12,15H2,1-2H3. The number of ether oxygens (including phenoxy) is 2. The lowest BCUT2D eigenvalue weighted by molar-refractivity contribution is 0.348. The van der Waals surface area contributed by atoms with Gasteiger partial charge in [-0.25, -0.2) is 8.42 Å². The van der Waals surface area contributed by atoms with Crippen LogP contribution in [0.3, 0.4) is 0 Å². The average Bonchev–Trinajstić information content (AvgIpc) is 2.67. The molecule has 26 heavy (non-hydrogen) atoms. The first-order chi connectivity index (χ1) is 12.5. The van der Waals surface area contributed by atoms with Crippen LogP contribution in [0.25, 0.3) is 0 Å². The minimum atomic E-state index is -3.27. The summed E-state index contributed by atoms with van der Waals surface area (Å²) in [7, 11) is -0.0740. The Morgan fingerprint density at radius 1 is 1.00 bits per heavy atom. The number of sulfonamides is 1. The molecule has 2 aromatic rings. The molecule has 2 aromatic carbocycles. The third-order valence-electron chi connectivity index (χ3n) is 4.79. The topological polar surface area (TPSA) is 55.8 Å². The molecule has 140 valence electrons. The minimum absolute atomic E-state index is 0.171. The van der Waals surface area contributed by atoms with E-state index in [-0.39, 0.29) is 5.75 Å². The third-order valence-corrected chi connectivity index (χ3v) is 6.69. The molecular weight excluding hydrogens is 350 g/mol. The number of fused-ring (bicyclic) bond motifs is 1. The fourth-order valence-corrected chi connectivity index (χ4v) is 4.80. The van der Waals surface area contributed by atoms with Crippen LogP contribution in [0.15, 0.2) is 42.5 Å². The Hall–Kier alpha value is -2.05. The molecule has 0 saturated carbocycles. The molecule has 3 rings (SSSR count). The number of hydrogen-bond donors (Lipinski definition) is 0. The van der Waals surface area contributed by atoms with Crippen LogP contribution in [0.5, 0.6) is 11.5 Å². The molecule has 1 aliphatic heterocycles. The second-order valence-corrected chi connectivity index (χ2v) is 8.55. The van der Waals surface area contributed by atoms with Crippen molar-refractivity contribution in [3.63, 3.8) is 0 Å². The van der Waals surface area contributed by atoms with Crippen LogP contribution in [0.4, 0.5) is 0 Å². The second-order valence-electron chi connectivity index (χ2n) is 6.46. The quantitative estimate of drug-likeness (QED) is 0.746. The minimum Gasteiger partial charge on any atom is -0.493 e. The maximum atomic E-state index is 12.7. The predicted octanol–water partition coefficient (Wildman–Crippen LogP) is 3.02. The highest BCUT2D eigenvalue weighted by Gasteiger charge is 2.27. The molecule has 1 aliphatic rings. The van der Waals surface area contributed by atoms with Crippen LogP contribution in [0.1, 0.15) is 23.1 Å². The molecule has 0 atom stereocenters. The third kappa shape index (κ3) is 4.19. The highest BCUT2D eigenvalue weighted by molar-refractivity contribution is 7.89. The van der Waals surface area contributed by atoms with E-state index >= 15 is 0 Å². The van der Waals surface area contributed by atoms with Gasteiger partial charge in [0, 0.05) is 13.1 Å². The van der Waals surface area contributed by atoms with Crippen LogP contribution in [0.2, 0.25) is 0 Å². The van der Waals surface area contributed by atoms with Crippen molar-refractivity contribution >= 4 is 10.0 Å². The normalized spacial score (nSPS) is 14.7. The van der Waals surface area contributed by atoms with Crippen molar-refractivity contribution in [2.45, 2.75) is 25.8 Å². The van der Waals surface area contributed by atoms with Gasteiger partial charge in [-0.15, -0.1) is 0 Å². The van der Waals surface area contributed by atoms with Gasteiger partial charge in [-0.05, 0) is 48.1 Å². The van der Waals surface area contributed by atoms with E-state index < -0.39 is 10.0 Å². The Morgan fingerprint density at radius 3 is 2.31 bits per heavy atom. The molecule has 5 nitrogen and oxygen atoms in total. The summed E-state index contributed by atoms with van der Waals surface area (Å²) in [6.45, 7) is 0.902. The van der Waals surface area contributed by atoms with Crippen LogP contribution in [-0.4, -0.2) is 39.2 Å². The van der Waals surface area contributed by atoms with Gasteiger partial charge in [0.05, 0.1) is 20.0 Å². The zero-order valence-corrected chi connectivity index (χ0v) is 16.1. The lowest BCUT2D eigenvalue weighted by Crippen LogP contribution is -2.37. The van der Waals surface area contributed by atoms with Crippen molar-refractivity contribution in [2.75, 3.05) is 26.5 Å². The highest BCUT2D eigenvalue weighted by atomic mass is 32.2. The Balaban J connectivity index is 1.67. The van der Waals surface area contributed by atoms with Crippen LogP contribution in [0, 0.1) is 0 Å². The summed E-state index contributed by atoms with van der Waals surface area (Å²) in [4.78, 5) is 0. The van der Waals surface area contributed by atoms with E-state index in [0.717, 1.165) is 17.5 Å². The lowest BCUT2D eigenvalue weighted by atomic mass is 10.0. The fourth-order valence-electron chi connectivity index (χ4n) is 3.33. The number of rotatable bonds is 7. The van der Waals surface area contributed by atoms with Gasteiger partial charge in [-0.2, -0.15) is 4.31 Å². The predicted molar refractivity (Wildman–Crippen MR) is 102 cm³/mol. The molecular formula is C20H25NO4S. The van der Waals surface area contributed by atoms with Crippen LogP contribution in [-0.2, 0) is 29.4 Å². The molecule has 0 aliphatic carbocycles. The first-order valence-electron chi connectivity index (χ1n) is 8.79. The maximum Gasteiger partial charge on any atom is 0.214 e. The van der Waals surface area contributed by atoms with Gasteiger partial charge in [0.15, 0.2) is 11.5 Å². The van der Waals surface area contributed by atoms with Gasteiger partial charge in [0.1, 0.15) is 0 Å². The molecule has 0 unspecified atom stereocenters. The summed E-state index contributed by atoms with van der Waals surface area (Å²) in [6, 6.07) is 13.8. The highest BCUT2D eigenvalue weighted by Crippen LogP contribution is 2.33. The molecule has 0 amide bonds. The van der Waals surface area contributed by atoms with Gasteiger partial charge >= 0.3 is 0 Å². The molecule has 1 heterocycles. The van der Waals surface area contributed by atoms with E-state index in [2.05, 4.69) is 0 Å². The Morgan fingerprint density at radius 2 is 1.65 bits per heavy atom. The first-order valence-corrected chi connectivity index (χ1v) is 10.4. The van der Waals surface area contributed by atoms with Gasteiger partial charge in [-0.3, -0.25) is 0 Å². The van der Waals surface area contributed by atoms with Crippen molar-refractivity contribution < 1.29 is 17.9 Å². The second kappa shape index (κ2) is 8.10. The zero-order valence-electron chi connectivity index (χ0n) is 15.3. The van der Waals surface area contributed by atoms with E-state index in [9.17, 15) is 8.42 Å². The summed E-state index contributed by atoms with van der Waals surface area (Å²) in [5, 5.41) is 0. The van der Waals surface area contributed by atoms with Crippen LogP contribution < -0.4 is 9.47 Å². The Labute approximate surface area is 155 Å². The number of benzene rings is 2. The maximum absolute atomic E-state index is 12.7. The van der Waals surface area contributed by atoms with Crippen molar-refractivity contribution in [3.8, 4) is 11.5 Å². The van der Waals surface area contributed by atoms with E-state index in [0.29, 0.717) is 37.4 Å². The smallest absolute Gasteiger partial charge is 0.214 e. The van der Waals surface area contributed by atoms with Gasteiger partial charge in [-0.1, -0.05) is 30.3 Å². The summed E-state index contributed by atoms with van der Waals surface area (Å²) in [6.07, 6.45) is 2.09. The number of hydrogen-bond acceptors (Lipinski definition) is 4. The van der Waals surface area contributed by atoms with Crippen molar-refractivity contribution in [3.05, 3.63) is 59.2 Å². The van der Waals surface area contributed by atoms with E-state index in [1.165, 1.54) is 5.56 Å². The van der Waals surface area contributed by atoms with Gasteiger partial charge < -0.3 is 9.47 Å². The van der Waals surface area contributed by atoms with Crippen molar-refractivity contribution in [1.29, 1.82) is 0 Å². The SMILES string of the molecule is COc1cc2c(cc1OC)CN(S(=O)(=O)CCCc1ccccc1)CC2. The van der Waals surface area contributed by atoms with Gasteiger partial charge in [0.25, 0.3) is 0 Å². The van der Waals surface area contributed by atoms with E-state index in [1.807, 2.05) is 42.5 Å². The largest absolute Gasteiger partial charge is 0.493 e. The number of methoxy groups -OCH3 is 2. The first kappa shape index (κ1) is 18.7. The number of nitrogens with zero attached hydrogens (tertiary/aromatic N) is 1. The van der Waals surface area contributed by atoms with Crippen molar-refractivity contribution in [2.24, 2.45) is 0 Å². The zero-order chi connectivity index (χ0) is 18.6. The molecule has 0 aromatic heterocycles.